The molecule has 2 rings (SSSR count). The van der Waals surface area contributed by atoms with E-state index < -0.39 is 0 Å². The van der Waals surface area contributed by atoms with Gasteiger partial charge in [-0.2, -0.15) is 0 Å². The van der Waals surface area contributed by atoms with Crippen LogP contribution in [0.2, 0.25) is 0 Å². The summed E-state index contributed by atoms with van der Waals surface area (Å²) in [7, 11) is 0. The fraction of sp³-hybridized carbons (Fsp3) is 0.100. The van der Waals surface area contributed by atoms with Crippen molar-refractivity contribution in [3.8, 4) is 0 Å². The molecule has 0 atom stereocenters. The molecule has 0 aromatic carbocycles. The lowest BCUT2D eigenvalue weighted by molar-refractivity contribution is 0.0945. The van der Waals surface area contributed by atoms with Gasteiger partial charge >= 0.3 is 0 Å². The summed E-state index contributed by atoms with van der Waals surface area (Å²) in [6.07, 6.45) is 2.88. The number of nitrogen functional groups attached to an aromatic ring is 1. The van der Waals surface area contributed by atoms with Crippen molar-refractivity contribution in [2.75, 3.05) is 5.73 Å². The minimum Gasteiger partial charge on any atom is -0.397 e. The van der Waals surface area contributed by atoms with E-state index in [9.17, 15) is 4.79 Å². The summed E-state index contributed by atoms with van der Waals surface area (Å²) in [6.45, 7) is 0.307. The van der Waals surface area contributed by atoms with Crippen molar-refractivity contribution in [1.29, 1.82) is 0 Å². The van der Waals surface area contributed by atoms with Crippen LogP contribution in [-0.4, -0.2) is 16.0 Å². The molecule has 16 heavy (non-hydrogen) atoms. The second-order valence-electron chi connectivity index (χ2n) is 3.15. The van der Waals surface area contributed by atoms with E-state index in [2.05, 4.69) is 20.0 Å². The molecule has 2 heterocycles. The molecule has 2 aromatic heterocycles. The van der Waals surface area contributed by atoms with Crippen LogP contribution in [0.3, 0.4) is 0 Å². The molecular weight excluding hydrogens is 208 g/mol. The number of aromatic nitrogens is 2. The topological polar surface area (TPSA) is 94.0 Å². The zero-order chi connectivity index (χ0) is 11.4. The Morgan fingerprint density at radius 2 is 2.31 bits per heavy atom. The van der Waals surface area contributed by atoms with E-state index in [-0.39, 0.29) is 5.91 Å². The van der Waals surface area contributed by atoms with Crippen molar-refractivity contribution >= 4 is 11.6 Å². The third-order valence-electron chi connectivity index (χ3n) is 1.94. The Balaban J connectivity index is 1.95. The first-order valence-corrected chi connectivity index (χ1v) is 4.64. The lowest BCUT2D eigenvalue weighted by Gasteiger charge is -2.02. The van der Waals surface area contributed by atoms with Gasteiger partial charge in [0.15, 0.2) is 0 Å². The number of rotatable bonds is 3. The molecule has 0 bridgehead atoms. The van der Waals surface area contributed by atoms with E-state index >= 15 is 0 Å². The Kier molecular flexibility index (Phi) is 2.81. The summed E-state index contributed by atoms with van der Waals surface area (Å²) in [5.41, 5.74) is 6.96. The zero-order valence-corrected chi connectivity index (χ0v) is 8.38. The molecule has 0 fully saturated rings. The number of hydrogen-bond donors (Lipinski definition) is 2. The van der Waals surface area contributed by atoms with Crippen molar-refractivity contribution in [3.63, 3.8) is 0 Å². The van der Waals surface area contributed by atoms with Crippen molar-refractivity contribution in [3.05, 3.63) is 42.0 Å². The third-order valence-corrected chi connectivity index (χ3v) is 1.94. The van der Waals surface area contributed by atoms with Crippen LogP contribution in [0.5, 0.6) is 0 Å². The fourth-order valence-electron chi connectivity index (χ4n) is 1.13. The molecule has 0 unspecified atom stereocenters. The number of nitrogens with two attached hydrogens (primary N) is 1. The highest BCUT2D eigenvalue weighted by atomic mass is 16.5. The van der Waals surface area contributed by atoms with Gasteiger partial charge in [0.05, 0.1) is 18.4 Å². The predicted molar refractivity (Wildman–Crippen MR) is 56.3 cm³/mol. The van der Waals surface area contributed by atoms with Gasteiger partial charge in [-0.1, -0.05) is 5.16 Å². The Hall–Kier alpha value is -2.37. The van der Waals surface area contributed by atoms with E-state index in [4.69, 9.17) is 5.73 Å². The lowest BCUT2D eigenvalue weighted by atomic mass is 10.3. The van der Waals surface area contributed by atoms with Crippen LogP contribution in [0.25, 0.3) is 0 Å². The maximum absolute atomic E-state index is 11.6. The molecule has 0 radical (unpaired) electrons. The minimum atomic E-state index is -0.275. The van der Waals surface area contributed by atoms with Crippen LogP contribution >= 0.6 is 0 Å². The summed E-state index contributed by atoms with van der Waals surface area (Å²) in [5.74, 6) is -0.275. The smallest absolute Gasteiger partial charge is 0.270 e. The first-order chi connectivity index (χ1) is 7.75. The van der Waals surface area contributed by atoms with E-state index in [1.807, 2.05) is 0 Å². The largest absolute Gasteiger partial charge is 0.397 e. The average molecular weight is 218 g/mol. The number of carbonyl (C=O) groups is 1. The Morgan fingerprint density at radius 1 is 1.44 bits per heavy atom. The molecule has 0 aliphatic carbocycles. The second-order valence-corrected chi connectivity index (χ2v) is 3.15. The van der Waals surface area contributed by atoms with Crippen LogP contribution in [0.15, 0.2) is 35.2 Å². The fourth-order valence-corrected chi connectivity index (χ4v) is 1.13. The van der Waals surface area contributed by atoms with E-state index in [1.54, 1.807) is 18.2 Å². The number of nitrogens with zero attached hydrogens (tertiary/aromatic N) is 2. The number of pyridine rings is 1. The van der Waals surface area contributed by atoms with Crippen molar-refractivity contribution in [2.24, 2.45) is 0 Å². The normalized spacial score (nSPS) is 10.0. The molecule has 0 aliphatic heterocycles. The van der Waals surface area contributed by atoms with Gasteiger partial charge in [0.1, 0.15) is 17.7 Å². The number of hydrogen-bond acceptors (Lipinski definition) is 5. The monoisotopic (exact) mass is 218 g/mol. The maximum atomic E-state index is 11.6. The van der Waals surface area contributed by atoms with Crippen molar-refractivity contribution in [2.45, 2.75) is 6.54 Å². The summed E-state index contributed by atoms with van der Waals surface area (Å²) in [6, 6.07) is 4.86. The van der Waals surface area contributed by atoms with Crippen LogP contribution in [0.1, 0.15) is 16.2 Å². The number of carbonyl (C=O) groups excluding carboxylic acids is 1. The lowest BCUT2D eigenvalue weighted by Crippen LogP contribution is -2.23. The molecule has 82 valence electrons. The maximum Gasteiger partial charge on any atom is 0.270 e. The molecule has 6 heteroatoms. The third kappa shape index (κ3) is 2.35. The minimum absolute atomic E-state index is 0.275. The van der Waals surface area contributed by atoms with Gasteiger partial charge in [0.2, 0.25) is 0 Å². The van der Waals surface area contributed by atoms with Crippen molar-refractivity contribution in [1.82, 2.24) is 15.5 Å². The highest BCUT2D eigenvalue weighted by Gasteiger charge is 2.06. The van der Waals surface area contributed by atoms with E-state index in [0.717, 1.165) is 0 Å². The molecule has 1 amide bonds. The summed E-state index contributed by atoms with van der Waals surface area (Å²) >= 11 is 0. The molecule has 2 aromatic rings. The van der Waals surface area contributed by atoms with Gasteiger partial charge in [-0.05, 0) is 12.1 Å². The molecule has 0 saturated carbocycles. The molecular formula is C10H10N4O2. The number of amides is 1. The van der Waals surface area contributed by atoms with Gasteiger partial charge in [-0.15, -0.1) is 0 Å². The van der Waals surface area contributed by atoms with Gasteiger partial charge in [0.25, 0.3) is 5.91 Å². The highest BCUT2D eigenvalue weighted by molar-refractivity contribution is 5.92. The Bertz CT molecular complexity index is 464. The average Bonchev–Trinajstić information content (AvgIpc) is 2.80. The first-order valence-electron chi connectivity index (χ1n) is 4.64. The highest BCUT2D eigenvalue weighted by Crippen LogP contribution is 2.01. The van der Waals surface area contributed by atoms with Gasteiger partial charge < -0.3 is 15.6 Å². The SMILES string of the molecule is Nc1ccc(C(=O)NCc2ccon2)nc1. The molecule has 0 spiro atoms. The molecule has 0 aliphatic rings. The quantitative estimate of drug-likeness (QED) is 0.785. The van der Waals surface area contributed by atoms with Crippen LogP contribution in [-0.2, 0) is 6.54 Å². The number of nitrogens with one attached hydrogen (secondary N) is 1. The van der Waals surface area contributed by atoms with Gasteiger partial charge in [-0.25, -0.2) is 4.98 Å². The van der Waals surface area contributed by atoms with Gasteiger partial charge in [-0.3, -0.25) is 4.79 Å². The zero-order valence-electron chi connectivity index (χ0n) is 8.38. The van der Waals surface area contributed by atoms with E-state index in [1.165, 1.54) is 12.5 Å². The van der Waals surface area contributed by atoms with E-state index in [0.29, 0.717) is 23.6 Å². The predicted octanol–water partition coefficient (Wildman–Crippen LogP) is 0.582. The molecule has 3 N–H and O–H groups in total. The summed E-state index contributed by atoms with van der Waals surface area (Å²) < 4.78 is 4.63. The van der Waals surface area contributed by atoms with Crippen LogP contribution in [0, 0.1) is 0 Å². The summed E-state index contributed by atoms with van der Waals surface area (Å²) in [4.78, 5) is 15.5. The molecule has 0 saturated heterocycles. The summed E-state index contributed by atoms with van der Waals surface area (Å²) in [5, 5.41) is 6.32. The molecule has 6 nitrogen and oxygen atoms in total. The van der Waals surface area contributed by atoms with Gasteiger partial charge in [0, 0.05) is 6.07 Å². The van der Waals surface area contributed by atoms with Crippen LogP contribution < -0.4 is 11.1 Å². The van der Waals surface area contributed by atoms with Crippen molar-refractivity contribution < 1.29 is 9.32 Å². The standard InChI is InChI=1S/C10H10N4O2/c11-7-1-2-9(12-5-7)10(15)13-6-8-3-4-16-14-8/h1-5H,6,11H2,(H,13,15). The Labute approximate surface area is 91.5 Å². The first kappa shape index (κ1) is 10.2. The van der Waals surface area contributed by atoms with Crippen LogP contribution in [0.4, 0.5) is 5.69 Å². The second kappa shape index (κ2) is 4.43. The number of anilines is 1. The Morgan fingerprint density at radius 3 is 2.94 bits per heavy atom.